The third kappa shape index (κ3) is 2.52. The normalized spacial score (nSPS) is 12.5. The van der Waals surface area contributed by atoms with Crippen LogP contribution in [0.4, 0.5) is 5.69 Å². The van der Waals surface area contributed by atoms with Gasteiger partial charge >= 0.3 is 0 Å². The molecule has 0 amide bonds. The maximum absolute atomic E-state index is 4.43. The van der Waals surface area contributed by atoms with Crippen molar-refractivity contribution in [3.05, 3.63) is 59.9 Å². The Bertz CT molecular complexity index is 701. The molecule has 3 heteroatoms. The molecule has 0 saturated heterocycles. The van der Waals surface area contributed by atoms with Crippen LogP contribution >= 0.6 is 0 Å². The molecule has 102 valence electrons. The molecule has 1 unspecified atom stereocenters. The maximum atomic E-state index is 4.43. The monoisotopic (exact) mass is 265 g/mol. The number of fused-ring (bicyclic) bond motifs is 1. The fourth-order valence-corrected chi connectivity index (χ4v) is 2.53. The summed E-state index contributed by atoms with van der Waals surface area (Å²) in [5, 5.41) is 3.60. The number of aromatic amines is 1. The largest absolute Gasteiger partial charge is 0.378 e. The molecule has 3 nitrogen and oxygen atoms in total. The average molecular weight is 265 g/mol. The minimum atomic E-state index is 0.331. The first-order valence-corrected chi connectivity index (χ1v) is 7.04. The quantitative estimate of drug-likeness (QED) is 0.732. The highest BCUT2D eigenvalue weighted by Crippen LogP contribution is 2.24. The fraction of sp³-hybridized carbons (Fsp3) is 0.235. The van der Waals surface area contributed by atoms with Crippen molar-refractivity contribution in [3.8, 4) is 0 Å². The molecule has 2 aromatic carbocycles. The molecule has 0 fully saturated rings. The van der Waals surface area contributed by atoms with Gasteiger partial charge in [0.15, 0.2) is 0 Å². The Balaban J connectivity index is 1.87. The van der Waals surface area contributed by atoms with Crippen LogP contribution < -0.4 is 5.32 Å². The first-order chi connectivity index (χ1) is 9.76. The number of nitrogens with one attached hydrogen (secondary N) is 2. The maximum Gasteiger partial charge on any atom is 0.104 e. The van der Waals surface area contributed by atoms with E-state index >= 15 is 0 Å². The van der Waals surface area contributed by atoms with E-state index in [1.54, 1.807) is 0 Å². The van der Waals surface area contributed by atoms with Crippen LogP contribution in [0.3, 0.4) is 0 Å². The molecule has 0 spiro atoms. The topological polar surface area (TPSA) is 40.7 Å². The summed E-state index contributed by atoms with van der Waals surface area (Å²) >= 11 is 0. The molecule has 1 heterocycles. The summed E-state index contributed by atoms with van der Waals surface area (Å²) in [6.07, 6.45) is 1.05. The molecule has 0 aliphatic rings. The number of aryl methyl sites for hydroxylation is 1. The summed E-state index contributed by atoms with van der Waals surface area (Å²) in [4.78, 5) is 7.71. The number of anilines is 1. The number of benzene rings is 2. The summed E-state index contributed by atoms with van der Waals surface area (Å²) in [5.74, 6) is 0.951. The molecule has 3 rings (SSSR count). The van der Waals surface area contributed by atoms with Gasteiger partial charge in [-0.3, -0.25) is 0 Å². The van der Waals surface area contributed by atoms with Gasteiger partial charge < -0.3 is 10.3 Å². The number of hydrogen-bond donors (Lipinski definition) is 2. The van der Waals surface area contributed by atoms with Crippen LogP contribution in [0.15, 0.2) is 48.5 Å². The lowest BCUT2D eigenvalue weighted by Gasteiger charge is -2.18. The van der Waals surface area contributed by atoms with Crippen molar-refractivity contribution in [2.45, 2.75) is 26.3 Å². The summed E-state index contributed by atoms with van der Waals surface area (Å²) < 4.78 is 0. The molecule has 0 saturated carbocycles. The van der Waals surface area contributed by atoms with Crippen LogP contribution in [0, 0.1) is 6.92 Å². The minimum Gasteiger partial charge on any atom is -0.378 e. The van der Waals surface area contributed by atoms with Crippen LogP contribution in [0.25, 0.3) is 11.0 Å². The first kappa shape index (κ1) is 12.7. The molecule has 0 bridgehead atoms. The van der Waals surface area contributed by atoms with Crippen LogP contribution in [0.5, 0.6) is 0 Å². The van der Waals surface area contributed by atoms with Crippen LogP contribution in [0.2, 0.25) is 0 Å². The summed E-state index contributed by atoms with van der Waals surface area (Å²) in [6.45, 7) is 4.18. The van der Waals surface area contributed by atoms with E-state index in [0.717, 1.165) is 29.0 Å². The van der Waals surface area contributed by atoms with Crippen LogP contribution in [-0.2, 0) is 0 Å². The van der Waals surface area contributed by atoms with Gasteiger partial charge in [-0.2, -0.15) is 0 Å². The van der Waals surface area contributed by atoms with Gasteiger partial charge in [-0.05, 0) is 37.1 Å². The van der Waals surface area contributed by atoms with E-state index in [2.05, 4.69) is 70.7 Å². The SMILES string of the molecule is CCC(Nc1ccc2nc(C)[nH]c2c1)c1ccccc1. The molecule has 0 aliphatic carbocycles. The number of aromatic nitrogens is 2. The van der Waals surface area contributed by atoms with E-state index in [-0.39, 0.29) is 0 Å². The van der Waals surface area contributed by atoms with Crippen molar-refractivity contribution in [2.24, 2.45) is 0 Å². The molecule has 3 aromatic rings. The Labute approximate surface area is 119 Å². The molecular weight excluding hydrogens is 246 g/mol. The molecule has 0 aliphatic heterocycles. The second kappa shape index (κ2) is 5.37. The highest BCUT2D eigenvalue weighted by Gasteiger charge is 2.09. The highest BCUT2D eigenvalue weighted by molar-refractivity contribution is 5.79. The molecule has 2 N–H and O–H groups in total. The smallest absolute Gasteiger partial charge is 0.104 e. The second-order valence-electron chi connectivity index (χ2n) is 5.07. The molecule has 0 radical (unpaired) electrons. The number of H-pyrrole nitrogens is 1. The van der Waals surface area contributed by atoms with Gasteiger partial charge in [0, 0.05) is 5.69 Å². The third-order valence-corrected chi connectivity index (χ3v) is 3.55. The summed E-state index contributed by atoms with van der Waals surface area (Å²) in [6, 6.07) is 17.2. The van der Waals surface area contributed by atoms with Crippen LogP contribution in [0.1, 0.15) is 30.8 Å². The zero-order chi connectivity index (χ0) is 13.9. The Morgan fingerprint density at radius 2 is 1.95 bits per heavy atom. The number of nitrogens with zero attached hydrogens (tertiary/aromatic N) is 1. The van der Waals surface area contributed by atoms with E-state index < -0.39 is 0 Å². The number of hydrogen-bond acceptors (Lipinski definition) is 2. The van der Waals surface area contributed by atoms with Crippen molar-refractivity contribution >= 4 is 16.7 Å². The van der Waals surface area contributed by atoms with Gasteiger partial charge in [0.25, 0.3) is 0 Å². The van der Waals surface area contributed by atoms with Crippen molar-refractivity contribution < 1.29 is 0 Å². The van der Waals surface area contributed by atoms with E-state index in [1.807, 2.05) is 6.92 Å². The van der Waals surface area contributed by atoms with Crippen molar-refractivity contribution in [1.29, 1.82) is 0 Å². The molecular formula is C17H19N3. The van der Waals surface area contributed by atoms with Gasteiger partial charge in [0.2, 0.25) is 0 Å². The summed E-state index contributed by atoms with van der Waals surface area (Å²) in [7, 11) is 0. The third-order valence-electron chi connectivity index (χ3n) is 3.55. The molecule has 1 aromatic heterocycles. The highest BCUT2D eigenvalue weighted by atomic mass is 14.9. The average Bonchev–Trinajstić information content (AvgIpc) is 2.85. The van der Waals surface area contributed by atoms with E-state index in [0.29, 0.717) is 6.04 Å². The predicted molar refractivity (Wildman–Crippen MR) is 83.9 cm³/mol. The second-order valence-corrected chi connectivity index (χ2v) is 5.07. The summed E-state index contributed by atoms with van der Waals surface area (Å²) in [5.41, 5.74) is 4.53. The number of rotatable bonds is 4. The predicted octanol–water partition coefficient (Wildman–Crippen LogP) is 4.43. The Morgan fingerprint density at radius 3 is 2.70 bits per heavy atom. The standard InChI is InChI=1S/C17H19N3/c1-3-15(13-7-5-4-6-8-13)20-14-9-10-16-17(11-14)19-12(2)18-16/h4-11,15,20H,3H2,1-2H3,(H,18,19). The lowest BCUT2D eigenvalue weighted by Crippen LogP contribution is -2.09. The van der Waals surface area contributed by atoms with Crippen molar-refractivity contribution in [3.63, 3.8) is 0 Å². The Kier molecular flexibility index (Phi) is 3.42. The van der Waals surface area contributed by atoms with E-state index in [4.69, 9.17) is 0 Å². The van der Waals surface area contributed by atoms with Crippen molar-refractivity contribution in [1.82, 2.24) is 9.97 Å². The fourth-order valence-electron chi connectivity index (χ4n) is 2.53. The van der Waals surface area contributed by atoms with Gasteiger partial charge in [0.05, 0.1) is 17.1 Å². The van der Waals surface area contributed by atoms with Crippen molar-refractivity contribution in [2.75, 3.05) is 5.32 Å². The Morgan fingerprint density at radius 1 is 1.15 bits per heavy atom. The lowest BCUT2D eigenvalue weighted by molar-refractivity contribution is 0.749. The van der Waals surface area contributed by atoms with Gasteiger partial charge in [-0.15, -0.1) is 0 Å². The zero-order valence-corrected chi connectivity index (χ0v) is 11.9. The molecule has 1 atom stereocenters. The van der Waals surface area contributed by atoms with Gasteiger partial charge in [-0.1, -0.05) is 37.3 Å². The molecule has 20 heavy (non-hydrogen) atoms. The zero-order valence-electron chi connectivity index (χ0n) is 11.9. The van der Waals surface area contributed by atoms with Gasteiger partial charge in [-0.25, -0.2) is 4.98 Å². The lowest BCUT2D eigenvalue weighted by atomic mass is 10.0. The minimum absolute atomic E-state index is 0.331. The first-order valence-electron chi connectivity index (χ1n) is 7.04. The van der Waals surface area contributed by atoms with E-state index in [9.17, 15) is 0 Å². The van der Waals surface area contributed by atoms with Crippen LogP contribution in [-0.4, -0.2) is 9.97 Å². The van der Waals surface area contributed by atoms with E-state index in [1.165, 1.54) is 5.56 Å². The number of imidazole rings is 1. The Hall–Kier alpha value is -2.29. The van der Waals surface area contributed by atoms with Gasteiger partial charge in [0.1, 0.15) is 5.82 Å².